The maximum Gasteiger partial charge on any atom is 0.359 e. The van der Waals surface area contributed by atoms with E-state index in [0.717, 1.165) is 23.0 Å². The summed E-state index contributed by atoms with van der Waals surface area (Å²) in [6.45, 7) is 1.44. The zero-order valence-electron chi connectivity index (χ0n) is 12.7. The van der Waals surface area contributed by atoms with Gasteiger partial charge in [-0.1, -0.05) is 17.7 Å². The van der Waals surface area contributed by atoms with Crippen molar-refractivity contribution < 1.29 is 23.5 Å². The molecule has 0 aliphatic carbocycles. The first-order valence-corrected chi connectivity index (χ1v) is 7.38. The predicted octanol–water partition coefficient (Wildman–Crippen LogP) is 3.04. The fourth-order valence-corrected chi connectivity index (χ4v) is 2.36. The number of halogens is 3. The van der Waals surface area contributed by atoms with Gasteiger partial charge in [-0.3, -0.25) is 0 Å². The van der Waals surface area contributed by atoms with E-state index in [-0.39, 0.29) is 41.5 Å². The Bertz CT molecular complexity index is 757. The van der Waals surface area contributed by atoms with Crippen LogP contribution in [0.2, 0.25) is 5.15 Å². The van der Waals surface area contributed by atoms with E-state index in [9.17, 15) is 13.6 Å². The molecule has 0 amide bonds. The molecule has 0 fully saturated rings. The summed E-state index contributed by atoms with van der Waals surface area (Å²) < 4.78 is 33.6. The molecule has 0 bridgehead atoms. The second kappa shape index (κ2) is 7.87. The summed E-state index contributed by atoms with van der Waals surface area (Å²) in [6.07, 6.45) is 1.11. The molecule has 9 heteroatoms. The minimum absolute atomic E-state index is 0.000561. The molecule has 0 saturated carbocycles. The summed E-state index contributed by atoms with van der Waals surface area (Å²) in [7, 11) is 0. The van der Waals surface area contributed by atoms with Gasteiger partial charge >= 0.3 is 5.97 Å². The summed E-state index contributed by atoms with van der Waals surface area (Å²) in [4.78, 5) is 12.0. The van der Waals surface area contributed by atoms with E-state index >= 15 is 0 Å². The Morgan fingerprint density at radius 1 is 1.42 bits per heavy atom. The lowest BCUT2D eigenvalue weighted by atomic mass is 10.2. The zero-order chi connectivity index (χ0) is 17.7. The number of benzene rings is 1. The van der Waals surface area contributed by atoms with Crippen LogP contribution in [0.4, 0.5) is 8.78 Å². The Kier molecular flexibility index (Phi) is 5.86. The minimum Gasteiger partial charge on any atom is -0.461 e. The highest BCUT2D eigenvalue weighted by molar-refractivity contribution is 6.31. The maximum absolute atomic E-state index is 13.8. The van der Waals surface area contributed by atoms with E-state index in [0.29, 0.717) is 0 Å². The number of nitrogens with zero attached hydrogens (tertiary/aromatic N) is 3. The molecule has 0 saturated heterocycles. The highest BCUT2D eigenvalue weighted by Crippen LogP contribution is 2.24. The lowest BCUT2D eigenvalue weighted by Gasteiger charge is -2.06. The molecular weight excluding hydrogens is 344 g/mol. The molecule has 2 rings (SSSR count). The van der Waals surface area contributed by atoms with Crippen LogP contribution in [-0.2, 0) is 17.7 Å². The molecule has 0 atom stereocenters. The molecule has 1 aromatic heterocycles. The quantitative estimate of drug-likeness (QED) is 0.373. The monoisotopic (exact) mass is 357 g/mol. The number of esters is 1. The Morgan fingerprint density at radius 3 is 2.67 bits per heavy atom. The number of carbonyl (C=O) groups excluding carboxylic acids is 1. The largest absolute Gasteiger partial charge is 0.461 e. The highest BCUT2D eigenvalue weighted by atomic mass is 35.5. The van der Waals surface area contributed by atoms with Crippen molar-refractivity contribution in [1.82, 2.24) is 9.78 Å². The van der Waals surface area contributed by atoms with Crippen molar-refractivity contribution in [2.75, 3.05) is 6.61 Å². The van der Waals surface area contributed by atoms with Crippen molar-refractivity contribution in [2.24, 2.45) is 5.16 Å². The summed E-state index contributed by atoms with van der Waals surface area (Å²) >= 11 is 6.17. The lowest BCUT2D eigenvalue weighted by molar-refractivity contribution is 0.0517. The Labute approximate surface area is 141 Å². The van der Waals surface area contributed by atoms with E-state index in [2.05, 4.69) is 10.3 Å². The average molecular weight is 358 g/mol. The Balaban J connectivity index is 2.45. The maximum atomic E-state index is 13.8. The standard InChI is InChI=1S/C15H14ClF2N3O3/c1-2-24-15(22)13-9(6-7-19-23)14(16)21(20-13)8-10-11(17)4-3-5-12(10)18/h3-5,7,23H,2,6,8H2,1H3/b19-7+. The number of carbonyl (C=O) groups is 1. The highest BCUT2D eigenvalue weighted by Gasteiger charge is 2.23. The van der Waals surface area contributed by atoms with Gasteiger partial charge in [0, 0.05) is 23.8 Å². The predicted molar refractivity (Wildman–Crippen MR) is 82.6 cm³/mol. The van der Waals surface area contributed by atoms with Crippen molar-refractivity contribution in [2.45, 2.75) is 19.9 Å². The van der Waals surface area contributed by atoms with Crippen molar-refractivity contribution in [3.05, 3.63) is 51.8 Å². The molecule has 1 heterocycles. The molecule has 24 heavy (non-hydrogen) atoms. The third-order valence-corrected chi connectivity index (χ3v) is 3.62. The van der Waals surface area contributed by atoms with Crippen LogP contribution in [0.25, 0.3) is 0 Å². The van der Waals surface area contributed by atoms with Crippen LogP contribution in [-0.4, -0.2) is 33.8 Å². The van der Waals surface area contributed by atoms with Crippen LogP contribution in [0, 0.1) is 11.6 Å². The zero-order valence-corrected chi connectivity index (χ0v) is 13.4. The summed E-state index contributed by atoms with van der Waals surface area (Å²) in [5.41, 5.74) is -0.0946. The number of oxime groups is 1. The fraction of sp³-hybridized carbons (Fsp3) is 0.267. The second-order valence-corrected chi connectivity index (χ2v) is 5.06. The van der Waals surface area contributed by atoms with Gasteiger partial charge in [-0.15, -0.1) is 5.16 Å². The molecule has 6 nitrogen and oxygen atoms in total. The SMILES string of the molecule is CCOC(=O)c1nn(Cc2c(F)cccc2F)c(Cl)c1C/C=N/O. The third-order valence-electron chi connectivity index (χ3n) is 3.20. The molecule has 0 radical (unpaired) electrons. The van der Waals surface area contributed by atoms with Gasteiger partial charge in [0.05, 0.1) is 13.2 Å². The topological polar surface area (TPSA) is 76.7 Å². The molecule has 0 unspecified atom stereocenters. The Morgan fingerprint density at radius 2 is 2.08 bits per heavy atom. The van der Waals surface area contributed by atoms with E-state index in [1.54, 1.807) is 6.92 Å². The molecule has 0 spiro atoms. The number of rotatable bonds is 6. The number of ether oxygens (including phenoxy) is 1. The van der Waals surface area contributed by atoms with Gasteiger partial charge in [0.1, 0.15) is 16.8 Å². The molecule has 1 aromatic carbocycles. The van der Waals surface area contributed by atoms with Gasteiger partial charge in [-0.25, -0.2) is 18.3 Å². The van der Waals surface area contributed by atoms with Crippen LogP contribution >= 0.6 is 11.6 Å². The first-order valence-electron chi connectivity index (χ1n) is 7.00. The van der Waals surface area contributed by atoms with Crippen molar-refractivity contribution >= 4 is 23.8 Å². The number of hydrogen-bond donors (Lipinski definition) is 1. The van der Waals surface area contributed by atoms with Crippen LogP contribution in [0.15, 0.2) is 23.4 Å². The van der Waals surface area contributed by atoms with Gasteiger partial charge < -0.3 is 9.94 Å². The van der Waals surface area contributed by atoms with Crippen molar-refractivity contribution in [3.8, 4) is 0 Å². The normalized spacial score (nSPS) is 11.2. The molecule has 128 valence electrons. The first kappa shape index (κ1) is 17.9. The van der Waals surface area contributed by atoms with Crippen LogP contribution in [0.1, 0.15) is 28.5 Å². The lowest BCUT2D eigenvalue weighted by Crippen LogP contribution is -2.10. The molecule has 1 N–H and O–H groups in total. The van der Waals surface area contributed by atoms with E-state index in [4.69, 9.17) is 21.5 Å². The number of hydrogen-bond acceptors (Lipinski definition) is 5. The first-order chi connectivity index (χ1) is 11.5. The Hall–Kier alpha value is -2.48. The van der Waals surface area contributed by atoms with Gasteiger partial charge in [-0.2, -0.15) is 5.10 Å². The van der Waals surface area contributed by atoms with Crippen LogP contribution < -0.4 is 0 Å². The van der Waals surface area contributed by atoms with Crippen molar-refractivity contribution in [1.29, 1.82) is 0 Å². The number of aromatic nitrogens is 2. The molecule has 0 aliphatic rings. The molecular formula is C15H14ClF2N3O3. The third kappa shape index (κ3) is 3.70. The van der Waals surface area contributed by atoms with Crippen LogP contribution in [0.5, 0.6) is 0 Å². The second-order valence-electron chi connectivity index (χ2n) is 4.70. The average Bonchev–Trinajstić information content (AvgIpc) is 2.85. The summed E-state index contributed by atoms with van der Waals surface area (Å²) in [5.74, 6) is -2.23. The summed E-state index contributed by atoms with van der Waals surface area (Å²) in [5, 5.41) is 15.4. The van der Waals surface area contributed by atoms with Gasteiger partial charge in [0.15, 0.2) is 5.69 Å². The van der Waals surface area contributed by atoms with E-state index < -0.39 is 17.6 Å². The van der Waals surface area contributed by atoms with Gasteiger partial charge in [-0.05, 0) is 19.1 Å². The summed E-state index contributed by atoms with van der Waals surface area (Å²) in [6, 6.07) is 3.47. The van der Waals surface area contributed by atoms with Crippen LogP contribution in [0.3, 0.4) is 0 Å². The van der Waals surface area contributed by atoms with E-state index in [1.807, 2.05) is 0 Å². The van der Waals surface area contributed by atoms with Gasteiger partial charge in [0.25, 0.3) is 0 Å². The molecule has 2 aromatic rings. The van der Waals surface area contributed by atoms with Gasteiger partial charge in [0.2, 0.25) is 0 Å². The van der Waals surface area contributed by atoms with E-state index in [1.165, 1.54) is 6.07 Å². The fourth-order valence-electron chi connectivity index (χ4n) is 2.09. The smallest absolute Gasteiger partial charge is 0.359 e. The minimum atomic E-state index is -0.752. The molecule has 0 aliphatic heterocycles. The van der Waals surface area contributed by atoms with Crippen molar-refractivity contribution in [3.63, 3.8) is 0 Å².